The van der Waals surface area contributed by atoms with Gasteiger partial charge in [-0.05, 0) is 34.1 Å². The highest BCUT2D eigenvalue weighted by Gasteiger charge is 2.20. The van der Waals surface area contributed by atoms with E-state index in [0.717, 1.165) is 22.7 Å². The van der Waals surface area contributed by atoms with Crippen molar-refractivity contribution in [1.82, 2.24) is 0 Å². The van der Waals surface area contributed by atoms with Crippen molar-refractivity contribution >= 4 is 71.2 Å². The highest BCUT2D eigenvalue weighted by molar-refractivity contribution is 9.11. The van der Waals surface area contributed by atoms with Gasteiger partial charge in [-0.1, -0.05) is 11.6 Å². The summed E-state index contributed by atoms with van der Waals surface area (Å²) in [5.41, 5.74) is 0. The van der Waals surface area contributed by atoms with Crippen molar-refractivity contribution in [1.29, 1.82) is 0 Å². The SMILES string of the molecule is O=C(O)c1ccc(NS(=O)(=O)c2cc(Cl)c(Br)s2)s1. The molecule has 102 valence electrons. The fourth-order valence-electron chi connectivity index (χ4n) is 1.15. The highest BCUT2D eigenvalue weighted by Crippen LogP contribution is 2.35. The fraction of sp³-hybridized carbons (Fsp3) is 0. The van der Waals surface area contributed by atoms with Gasteiger partial charge < -0.3 is 5.11 Å². The number of halogens is 2. The zero-order valence-electron chi connectivity index (χ0n) is 8.88. The summed E-state index contributed by atoms with van der Waals surface area (Å²) in [6, 6.07) is 4.06. The van der Waals surface area contributed by atoms with Gasteiger partial charge in [-0.2, -0.15) is 0 Å². The molecule has 0 spiro atoms. The second-order valence-corrected chi connectivity index (χ2v) is 9.03. The lowest BCUT2D eigenvalue weighted by molar-refractivity contribution is 0.0702. The van der Waals surface area contributed by atoms with Crippen LogP contribution in [0.25, 0.3) is 0 Å². The molecule has 0 saturated carbocycles. The quantitative estimate of drug-likeness (QED) is 0.816. The number of thiophene rings is 2. The van der Waals surface area contributed by atoms with Gasteiger partial charge in [0.15, 0.2) is 0 Å². The van der Waals surface area contributed by atoms with Crippen molar-refractivity contribution in [3.63, 3.8) is 0 Å². The predicted octanol–water partition coefficient (Wildman–Crippen LogP) is 3.72. The standard InChI is InChI=1S/C9H5BrClNO4S3/c10-8-4(11)3-7(18-8)19(15,16)12-6-2-1-5(17-6)9(13)14/h1-3,12H,(H,13,14). The summed E-state index contributed by atoms with van der Waals surface area (Å²) < 4.78 is 26.9. The van der Waals surface area contributed by atoms with Crippen LogP contribution in [0.4, 0.5) is 5.00 Å². The molecule has 2 N–H and O–H groups in total. The number of sulfonamides is 1. The van der Waals surface area contributed by atoms with Crippen molar-refractivity contribution in [2.45, 2.75) is 4.21 Å². The molecule has 0 unspecified atom stereocenters. The molecular weight excluding hydrogens is 398 g/mol. The number of hydrogen-bond acceptors (Lipinski definition) is 5. The summed E-state index contributed by atoms with van der Waals surface area (Å²) >= 11 is 10.7. The van der Waals surface area contributed by atoms with Gasteiger partial charge in [-0.15, -0.1) is 22.7 Å². The van der Waals surface area contributed by atoms with Crippen LogP contribution in [0.5, 0.6) is 0 Å². The Morgan fingerprint density at radius 2 is 2.05 bits per heavy atom. The molecule has 19 heavy (non-hydrogen) atoms. The second-order valence-electron chi connectivity index (χ2n) is 3.26. The van der Waals surface area contributed by atoms with Crippen molar-refractivity contribution in [2.75, 3.05) is 4.72 Å². The Hall–Kier alpha value is -0.610. The molecule has 2 aromatic heterocycles. The minimum Gasteiger partial charge on any atom is -0.477 e. The van der Waals surface area contributed by atoms with E-state index in [0.29, 0.717) is 8.81 Å². The fourth-order valence-corrected chi connectivity index (χ4v) is 5.59. The Labute approximate surface area is 130 Å². The van der Waals surface area contributed by atoms with Crippen LogP contribution in [0, 0.1) is 0 Å². The maximum absolute atomic E-state index is 12.0. The summed E-state index contributed by atoms with van der Waals surface area (Å²) in [7, 11) is -3.76. The van der Waals surface area contributed by atoms with Crippen molar-refractivity contribution in [3.8, 4) is 0 Å². The smallest absolute Gasteiger partial charge is 0.345 e. The van der Waals surface area contributed by atoms with Crippen LogP contribution in [-0.4, -0.2) is 19.5 Å². The summed E-state index contributed by atoms with van der Waals surface area (Å²) in [5.74, 6) is -1.10. The Morgan fingerprint density at radius 3 is 2.53 bits per heavy atom. The van der Waals surface area contributed by atoms with Crippen LogP contribution < -0.4 is 4.72 Å². The molecule has 0 radical (unpaired) electrons. The monoisotopic (exact) mass is 401 g/mol. The average Bonchev–Trinajstić information content (AvgIpc) is 2.87. The number of rotatable bonds is 4. The molecule has 0 aliphatic carbocycles. The normalized spacial score (nSPS) is 11.5. The van der Waals surface area contributed by atoms with Gasteiger partial charge in [0.25, 0.3) is 10.0 Å². The zero-order valence-corrected chi connectivity index (χ0v) is 13.7. The maximum Gasteiger partial charge on any atom is 0.345 e. The molecule has 0 bridgehead atoms. The first-order chi connectivity index (χ1) is 8.79. The van der Waals surface area contributed by atoms with Gasteiger partial charge in [-0.3, -0.25) is 4.72 Å². The first-order valence-corrected chi connectivity index (χ1v) is 8.89. The Bertz CT molecular complexity index is 717. The van der Waals surface area contributed by atoms with Crippen LogP contribution in [-0.2, 0) is 10.0 Å². The number of carboxylic acids is 1. The molecular formula is C9H5BrClNO4S3. The van der Waals surface area contributed by atoms with Gasteiger partial charge in [0.2, 0.25) is 0 Å². The molecule has 0 aliphatic rings. The predicted molar refractivity (Wildman–Crippen MR) is 79.1 cm³/mol. The minimum atomic E-state index is -3.76. The first-order valence-electron chi connectivity index (χ1n) is 4.60. The second kappa shape index (κ2) is 5.41. The molecule has 2 aromatic rings. The van der Waals surface area contributed by atoms with E-state index >= 15 is 0 Å². The van der Waals surface area contributed by atoms with Gasteiger partial charge in [-0.25, -0.2) is 13.2 Å². The Balaban J connectivity index is 2.28. The van der Waals surface area contributed by atoms with Crippen molar-refractivity contribution < 1.29 is 18.3 Å². The molecule has 5 nitrogen and oxygen atoms in total. The van der Waals surface area contributed by atoms with Crippen LogP contribution in [0.1, 0.15) is 9.67 Å². The lowest BCUT2D eigenvalue weighted by Crippen LogP contribution is -2.10. The van der Waals surface area contributed by atoms with E-state index < -0.39 is 16.0 Å². The number of carbonyl (C=O) groups is 1. The van der Waals surface area contributed by atoms with Crippen LogP contribution >= 0.6 is 50.2 Å². The largest absolute Gasteiger partial charge is 0.477 e. The molecule has 0 fully saturated rings. The van der Waals surface area contributed by atoms with Crippen LogP contribution in [0.3, 0.4) is 0 Å². The van der Waals surface area contributed by atoms with E-state index in [1.165, 1.54) is 18.2 Å². The molecule has 0 amide bonds. The summed E-state index contributed by atoms with van der Waals surface area (Å²) in [4.78, 5) is 10.8. The van der Waals surface area contributed by atoms with Crippen LogP contribution in [0.2, 0.25) is 5.02 Å². The summed E-state index contributed by atoms with van der Waals surface area (Å²) in [5, 5.41) is 9.31. The molecule has 0 saturated heterocycles. The number of anilines is 1. The molecule has 2 rings (SSSR count). The summed E-state index contributed by atoms with van der Waals surface area (Å²) in [6.07, 6.45) is 0. The molecule has 0 aromatic carbocycles. The number of aromatic carboxylic acids is 1. The van der Waals surface area contributed by atoms with Gasteiger partial charge in [0.1, 0.15) is 14.1 Å². The molecule has 0 atom stereocenters. The molecule has 2 heterocycles. The van der Waals surface area contributed by atoms with E-state index in [-0.39, 0.29) is 14.1 Å². The van der Waals surface area contributed by atoms with Gasteiger partial charge in [0, 0.05) is 0 Å². The van der Waals surface area contributed by atoms with E-state index in [1.807, 2.05) is 0 Å². The van der Waals surface area contributed by atoms with E-state index in [9.17, 15) is 13.2 Å². The topological polar surface area (TPSA) is 83.5 Å². The van der Waals surface area contributed by atoms with Gasteiger partial charge >= 0.3 is 5.97 Å². The lowest BCUT2D eigenvalue weighted by Gasteiger charge is -2.02. The Kier molecular flexibility index (Phi) is 4.21. The van der Waals surface area contributed by atoms with E-state index in [4.69, 9.17) is 16.7 Å². The third-order valence-corrected chi connectivity index (χ3v) is 7.37. The third-order valence-electron chi connectivity index (χ3n) is 1.94. The van der Waals surface area contributed by atoms with Gasteiger partial charge in [0.05, 0.1) is 8.81 Å². The molecule has 10 heteroatoms. The number of hydrogen-bond donors (Lipinski definition) is 2. The minimum absolute atomic E-state index is 0.0506. The number of nitrogens with one attached hydrogen (secondary N) is 1. The molecule has 0 aliphatic heterocycles. The third kappa shape index (κ3) is 3.29. The average molecular weight is 403 g/mol. The zero-order chi connectivity index (χ0) is 14.2. The number of carboxylic acid groups (broad SMARTS) is 1. The van der Waals surface area contributed by atoms with Crippen molar-refractivity contribution in [2.24, 2.45) is 0 Å². The van der Waals surface area contributed by atoms with E-state index in [1.54, 1.807) is 0 Å². The Morgan fingerprint density at radius 1 is 1.37 bits per heavy atom. The first kappa shape index (κ1) is 14.8. The van der Waals surface area contributed by atoms with Crippen LogP contribution in [0.15, 0.2) is 26.2 Å². The lowest BCUT2D eigenvalue weighted by atomic mass is 10.5. The maximum atomic E-state index is 12.0. The summed E-state index contributed by atoms with van der Waals surface area (Å²) in [6.45, 7) is 0. The highest BCUT2D eigenvalue weighted by atomic mass is 79.9. The van der Waals surface area contributed by atoms with Crippen molar-refractivity contribution in [3.05, 3.63) is 31.9 Å². The van der Waals surface area contributed by atoms with E-state index in [2.05, 4.69) is 20.7 Å².